The van der Waals surface area contributed by atoms with Gasteiger partial charge in [0.25, 0.3) is 0 Å². The first-order valence-corrected chi connectivity index (χ1v) is 11.5. The monoisotopic (exact) mass is 453 g/mol. The molecule has 4 nitrogen and oxygen atoms in total. The highest BCUT2D eigenvalue weighted by Crippen LogP contribution is 2.30. The Kier molecular flexibility index (Phi) is 5.75. The van der Waals surface area contributed by atoms with Crippen molar-refractivity contribution >= 4 is 28.3 Å². The lowest BCUT2D eigenvalue weighted by Crippen LogP contribution is -2.05. The Hall–Kier alpha value is -3.77. The molecule has 0 saturated heterocycles. The number of carbonyl (C=O) groups is 1. The zero-order valence-electron chi connectivity index (χ0n) is 17.9. The average Bonchev–Trinajstić information content (AvgIpc) is 3.26. The van der Waals surface area contributed by atoms with Crippen LogP contribution in [-0.2, 0) is 0 Å². The minimum atomic E-state index is -0.373. The van der Waals surface area contributed by atoms with Crippen molar-refractivity contribution in [1.29, 1.82) is 0 Å². The van der Waals surface area contributed by atoms with E-state index in [0.29, 0.717) is 22.1 Å². The number of Topliss-reactive ketones (excluding diaryl/α,β-unsaturated/α-hetero) is 1. The van der Waals surface area contributed by atoms with E-state index in [4.69, 9.17) is 0 Å². The van der Waals surface area contributed by atoms with Crippen LogP contribution in [0.5, 0.6) is 0 Å². The van der Waals surface area contributed by atoms with Crippen LogP contribution in [0.3, 0.4) is 0 Å². The topological polar surface area (TPSA) is 47.8 Å². The van der Waals surface area contributed by atoms with Gasteiger partial charge in [0.05, 0.1) is 11.3 Å². The fourth-order valence-electron chi connectivity index (χ4n) is 3.68. The minimum absolute atomic E-state index is 0.00310. The fourth-order valence-corrected chi connectivity index (χ4v) is 4.53. The van der Waals surface area contributed by atoms with Crippen LogP contribution in [0.2, 0.25) is 0 Å². The summed E-state index contributed by atoms with van der Waals surface area (Å²) in [6.07, 6.45) is 0. The van der Waals surface area contributed by atoms with Crippen molar-refractivity contribution in [2.45, 2.75) is 12.1 Å². The standard InChI is InChI=1S/C27H20FN3OS/c1-18-10-14-22(15-11-18)31-26(23-8-4-5-9-24(23)28)29-30-27(31)33-17-25(32)21-13-12-19-6-2-3-7-20(19)16-21/h2-16H,17H2,1H3. The summed E-state index contributed by atoms with van der Waals surface area (Å²) in [5.41, 5.74) is 2.93. The number of fused-ring (bicyclic) bond motifs is 1. The molecule has 0 fully saturated rings. The molecule has 162 valence electrons. The van der Waals surface area contributed by atoms with Crippen LogP contribution in [0.4, 0.5) is 4.39 Å². The second-order valence-electron chi connectivity index (χ2n) is 7.73. The van der Waals surface area contributed by atoms with E-state index < -0.39 is 0 Å². The number of benzene rings is 4. The summed E-state index contributed by atoms with van der Waals surface area (Å²) in [6.45, 7) is 2.01. The molecule has 1 aromatic heterocycles. The van der Waals surface area contributed by atoms with Crippen LogP contribution in [-0.4, -0.2) is 26.3 Å². The summed E-state index contributed by atoms with van der Waals surface area (Å²) in [6, 6.07) is 28.0. The molecule has 1 heterocycles. The second-order valence-corrected chi connectivity index (χ2v) is 8.67. The number of thioether (sulfide) groups is 1. The van der Waals surface area contributed by atoms with Gasteiger partial charge in [-0.1, -0.05) is 78.0 Å². The number of carbonyl (C=O) groups excluding carboxylic acids is 1. The summed E-state index contributed by atoms with van der Waals surface area (Å²) in [5.74, 6) is 0.218. The first-order chi connectivity index (χ1) is 16.1. The van der Waals surface area contributed by atoms with E-state index in [-0.39, 0.29) is 17.4 Å². The van der Waals surface area contributed by atoms with Crippen LogP contribution in [0.25, 0.3) is 27.8 Å². The molecule has 0 atom stereocenters. The Morgan fingerprint density at radius 1 is 0.879 bits per heavy atom. The number of aromatic nitrogens is 3. The number of halogens is 1. The molecule has 0 aliphatic rings. The maximum absolute atomic E-state index is 14.6. The van der Waals surface area contributed by atoms with Gasteiger partial charge in [-0.05, 0) is 48.0 Å². The third kappa shape index (κ3) is 4.30. The lowest BCUT2D eigenvalue weighted by molar-refractivity contribution is 0.102. The number of rotatable bonds is 6. The van der Waals surface area contributed by atoms with E-state index in [1.165, 1.54) is 17.8 Å². The van der Waals surface area contributed by atoms with E-state index in [2.05, 4.69) is 10.2 Å². The Balaban J connectivity index is 1.48. The number of hydrogen-bond donors (Lipinski definition) is 0. The van der Waals surface area contributed by atoms with Crippen LogP contribution in [0.15, 0.2) is 96.2 Å². The van der Waals surface area contributed by atoms with Crippen LogP contribution in [0.1, 0.15) is 15.9 Å². The predicted molar refractivity (Wildman–Crippen MR) is 130 cm³/mol. The summed E-state index contributed by atoms with van der Waals surface area (Å²) >= 11 is 1.29. The molecule has 6 heteroatoms. The van der Waals surface area contributed by atoms with Gasteiger partial charge in [-0.15, -0.1) is 10.2 Å². The van der Waals surface area contributed by atoms with Gasteiger partial charge in [-0.3, -0.25) is 9.36 Å². The smallest absolute Gasteiger partial charge is 0.196 e. The normalized spacial score (nSPS) is 11.1. The summed E-state index contributed by atoms with van der Waals surface area (Å²) in [4.78, 5) is 12.9. The molecular formula is C27H20FN3OS. The molecule has 5 rings (SSSR count). The quantitative estimate of drug-likeness (QED) is 0.217. The highest BCUT2D eigenvalue weighted by molar-refractivity contribution is 7.99. The van der Waals surface area contributed by atoms with Crippen molar-refractivity contribution in [3.8, 4) is 17.1 Å². The first kappa shape index (κ1) is 21.1. The Morgan fingerprint density at radius 2 is 1.61 bits per heavy atom. The molecular weight excluding hydrogens is 433 g/mol. The van der Waals surface area contributed by atoms with Gasteiger partial charge in [0, 0.05) is 11.3 Å². The van der Waals surface area contributed by atoms with Crippen molar-refractivity contribution < 1.29 is 9.18 Å². The summed E-state index contributed by atoms with van der Waals surface area (Å²) < 4.78 is 16.4. The third-order valence-corrected chi connectivity index (χ3v) is 6.37. The molecule has 0 aliphatic heterocycles. The molecule has 0 bridgehead atoms. The number of hydrogen-bond acceptors (Lipinski definition) is 4. The SMILES string of the molecule is Cc1ccc(-n2c(SCC(=O)c3ccc4ccccc4c3)nnc2-c2ccccc2F)cc1. The van der Waals surface area contributed by atoms with Crippen molar-refractivity contribution in [2.24, 2.45) is 0 Å². The van der Waals surface area contributed by atoms with Gasteiger partial charge in [0.15, 0.2) is 16.8 Å². The number of nitrogens with zero attached hydrogens (tertiary/aromatic N) is 3. The molecule has 5 aromatic rings. The van der Waals surface area contributed by atoms with Crippen molar-refractivity contribution in [3.05, 3.63) is 108 Å². The zero-order valence-corrected chi connectivity index (χ0v) is 18.7. The molecule has 4 aromatic carbocycles. The van der Waals surface area contributed by atoms with Crippen molar-refractivity contribution in [3.63, 3.8) is 0 Å². The highest BCUT2D eigenvalue weighted by atomic mass is 32.2. The lowest BCUT2D eigenvalue weighted by Gasteiger charge is -2.11. The number of ketones is 1. The van der Waals surface area contributed by atoms with Gasteiger partial charge < -0.3 is 0 Å². The molecule has 0 radical (unpaired) electrons. The van der Waals surface area contributed by atoms with Gasteiger partial charge in [0.1, 0.15) is 5.82 Å². The van der Waals surface area contributed by atoms with Gasteiger partial charge in [-0.25, -0.2) is 4.39 Å². The molecule has 0 aliphatic carbocycles. The van der Waals surface area contributed by atoms with Gasteiger partial charge in [0.2, 0.25) is 0 Å². The van der Waals surface area contributed by atoms with Crippen molar-refractivity contribution in [2.75, 3.05) is 5.75 Å². The Labute approximate surface area is 195 Å². The maximum Gasteiger partial charge on any atom is 0.196 e. The zero-order chi connectivity index (χ0) is 22.8. The fraction of sp³-hybridized carbons (Fsp3) is 0.0741. The van der Waals surface area contributed by atoms with Crippen LogP contribution in [0, 0.1) is 12.7 Å². The average molecular weight is 454 g/mol. The lowest BCUT2D eigenvalue weighted by atomic mass is 10.1. The molecule has 33 heavy (non-hydrogen) atoms. The van der Waals surface area contributed by atoms with E-state index in [1.807, 2.05) is 73.7 Å². The summed E-state index contributed by atoms with van der Waals surface area (Å²) in [5, 5.41) is 11.2. The van der Waals surface area contributed by atoms with Crippen LogP contribution >= 0.6 is 11.8 Å². The van der Waals surface area contributed by atoms with E-state index in [9.17, 15) is 9.18 Å². The predicted octanol–water partition coefficient (Wildman–Crippen LogP) is 6.51. The van der Waals surface area contributed by atoms with E-state index in [1.54, 1.807) is 22.8 Å². The first-order valence-electron chi connectivity index (χ1n) is 10.5. The molecule has 0 N–H and O–H groups in total. The van der Waals surface area contributed by atoms with Gasteiger partial charge >= 0.3 is 0 Å². The molecule has 0 saturated carbocycles. The molecule has 0 unspecified atom stereocenters. The van der Waals surface area contributed by atoms with Crippen LogP contribution < -0.4 is 0 Å². The maximum atomic E-state index is 14.6. The Bertz CT molecular complexity index is 1460. The van der Waals surface area contributed by atoms with Crippen molar-refractivity contribution in [1.82, 2.24) is 14.8 Å². The van der Waals surface area contributed by atoms with E-state index >= 15 is 0 Å². The van der Waals surface area contributed by atoms with Gasteiger partial charge in [-0.2, -0.15) is 0 Å². The molecule has 0 spiro atoms. The molecule has 0 amide bonds. The Morgan fingerprint density at radius 3 is 2.39 bits per heavy atom. The minimum Gasteiger partial charge on any atom is -0.293 e. The summed E-state index contributed by atoms with van der Waals surface area (Å²) in [7, 11) is 0. The number of aryl methyl sites for hydroxylation is 1. The second kappa shape index (κ2) is 9.00. The van der Waals surface area contributed by atoms with E-state index in [0.717, 1.165) is 22.0 Å². The highest BCUT2D eigenvalue weighted by Gasteiger charge is 2.20. The largest absolute Gasteiger partial charge is 0.293 e. The third-order valence-electron chi connectivity index (χ3n) is 5.44.